The number of carbonyl (C=O) groups excluding carboxylic acids is 2. The van der Waals surface area contributed by atoms with Crippen LogP contribution in [0.1, 0.15) is 32.8 Å². The van der Waals surface area contributed by atoms with E-state index in [9.17, 15) is 14.7 Å². The monoisotopic (exact) mass is 379 g/mol. The molecule has 0 bridgehead atoms. The van der Waals surface area contributed by atoms with E-state index in [0.29, 0.717) is 16.4 Å². The molecule has 1 aromatic carbocycles. The summed E-state index contributed by atoms with van der Waals surface area (Å²) in [6.07, 6.45) is 0. The smallest absolute Gasteiger partial charge is 0.290 e. The summed E-state index contributed by atoms with van der Waals surface area (Å²) in [5.41, 5.74) is 0.962. The quantitative estimate of drug-likeness (QED) is 0.666. The van der Waals surface area contributed by atoms with Gasteiger partial charge in [0.15, 0.2) is 5.76 Å². The third-order valence-electron chi connectivity index (χ3n) is 4.52. The Bertz CT molecular complexity index is 1020. The SMILES string of the molecule is Cc1ccc(C2C(C(=O)c3cccs3)=C(O)C(=O)N2Cc2ccccc2)o1. The van der Waals surface area contributed by atoms with Crippen LogP contribution in [0.2, 0.25) is 0 Å². The zero-order valence-electron chi connectivity index (χ0n) is 14.6. The largest absolute Gasteiger partial charge is 0.503 e. The van der Waals surface area contributed by atoms with Crippen molar-refractivity contribution < 1.29 is 19.1 Å². The number of aliphatic hydroxyl groups excluding tert-OH is 1. The highest BCUT2D eigenvalue weighted by Crippen LogP contribution is 2.40. The molecule has 1 aliphatic heterocycles. The molecular weight excluding hydrogens is 362 g/mol. The van der Waals surface area contributed by atoms with Crippen LogP contribution in [0.5, 0.6) is 0 Å². The van der Waals surface area contributed by atoms with Crippen molar-refractivity contribution in [3.8, 4) is 0 Å². The predicted molar refractivity (Wildman–Crippen MR) is 101 cm³/mol. The Hall–Kier alpha value is -3.12. The van der Waals surface area contributed by atoms with Gasteiger partial charge in [-0.25, -0.2) is 0 Å². The highest BCUT2D eigenvalue weighted by Gasteiger charge is 2.45. The number of amides is 1. The Labute approximate surface area is 160 Å². The molecule has 1 N–H and O–H groups in total. The van der Waals surface area contributed by atoms with Gasteiger partial charge in [0, 0.05) is 6.54 Å². The minimum atomic E-state index is -0.763. The van der Waals surface area contributed by atoms with Crippen LogP contribution in [0.4, 0.5) is 0 Å². The van der Waals surface area contributed by atoms with Crippen molar-refractivity contribution >= 4 is 23.0 Å². The minimum Gasteiger partial charge on any atom is -0.503 e. The van der Waals surface area contributed by atoms with E-state index >= 15 is 0 Å². The molecule has 0 saturated carbocycles. The van der Waals surface area contributed by atoms with E-state index in [4.69, 9.17) is 4.42 Å². The van der Waals surface area contributed by atoms with E-state index in [0.717, 1.165) is 5.56 Å². The Morgan fingerprint density at radius 1 is 1.15 bits per heavy atom. The first-order valence-corrected chi connectivity index (χ1v) is 9.37. The number of hydrogen-bond acceptors (Lipinski definition) is 5. The second kappa shape index (κ2) is 6.89. The van der Waals surface area contributed by atoms with Gasteiger partial charge in [0.2, 0.25) is 5.78 Å². The summed E-state index contributed by atoms with van der Waals surface area (Å²) in [6.45, 7) is 2.06. The molecule has 4 rings (SSSR count). The summed E-state index contributed by atoms with van der Waals surface area (Å²) >= 11 is 1.27. The number of Topliss-reactive ketones (excluding diaryl/α,β-unsaturated/α-hetero) is 1. The lowest BCUT2D eigenvalue weighted by Crippen LogP contribution is -2.30. The number of carbonyl (C=O) groups is 2. The van der Waals surface area contributed by atoms with Crippen molar-refractivity contribution in [3.05, 3.63) is 93.3 Å². The highest BCUT2D eigenvalue weighted by atomic mass is 32.1. The Morgan fingerprint density at radius 2 is 1.93 bits per heavy atom. The molecule has 0 radical (unpaired) electrons. The van der Waals surface area contributed by atoms with Crippen LogP contribution in [-0.4, -0.2) is 21.7 Å². The first-order chi connectivity index (χ1) is 13.1. The Kier molecular flexibility index (Phi) is 4.41. The van der Waals surface area contributed by atoms with Gasteiger partial charge in [-0.3, -0.25) is 9.59 Å². The maximum atomic E-state index is 13.0. The van der Waals surface area contributed by atoms with Crippen molar-refractivity contribution in [2.75, 3.05) is 0 Å². The Balaban J connectivity index is 1.78. The van der Waals surface area contributed by atoms with Gasteiger partial charge in [0.25, 0.3) is 5.91 Å². The fraction of sp³-hybridized carbons (Fsp3) is 0.143. The average molecular weight is 379 g/mol. The highest BCUT2D eigenvalue weighted by molar-refractivity contribution is 7.12. The third kappa shape index (κ3) is 3.08. The van der Waals surface area contributed by atoms with Crippen LogP contribution in [0.25, 0.3) is 0 Å². The maximum absolute atomic E-state index is 13.0. The molecule has 27 heavy (non-hydrogen) atoms. The number of hydrogen-bond donors (Lipinski definition) is 1. The number of ketones is 1. The van der Waals surface area contributed by atoms with E-state index < -0.39 is 17.7 Å². The Morgan fingerprint density at radius 3 is 2.56 bits per heavy atom. The van der Waals surface area contributed by atoms with Gasteiger partial charge in [0.05, 0.1) is 10.5 Å². The summed E-state index contributed by atoms with van der Waals surface area (Å²) in [4.78, 5) is 27.8. The topological polar surface area (TPSA) is 70.8 Å². The number of rotatable bonds is 5. The molecule has 3 aromatic rings. The van der Waals surface area contributed by atoms with Crippen molar-refractivity contribution in [1.29, 1.82) is 0 Å². The van der Waals surface area contributed by atoms with Gasteiger partial charge in [0.1, 0.15) is 17.6 Å². The fourth-order valence-electron chi connectivity index (χ4n) is 3.27. The lowest BCUT2D eigenvalue weighted by atomic mass is 10.00. The lowest BCUT2D eigenvalue weighted by Gasteiger charge is -2.25. The van der Waals surface area contributed by atoms with Crippen LogP contribution in [0, 0.1) is 6.92 Å². The molecule has 1 amide bonds. The first kappa shape index (κ1) is 17.3. The summed E-state index contributed by atoms with van der Waals surface area (Å²) in [6, 6.07) is 15.7. The minimum absolute atomic E-state index is 0.0627. The van der Waals surface area contributed by atoms with E-state index in [-0.39, 0.29) is 17.9 Å². The number of aryl methyl sites for hydroxylation is 1. The van der Waals surface area contributed by atoms with E-state index in [1.54, 1.807) is 36.6 Å². The molecule has 5 nitrogen and oxygen atoms in total. The van der Waals surface area contributed by atoms with Crippen LogP contribution < -0.4 is 0 Å². The van der Waals surface area contributed by atoms with E-state index in [1.807, 2.05) is 30.3 Å². The maximum Gasteiger partial charge on any atom is 0.290 e. The molecule has 0 aliphatic carbocycles. The zero-order valence-corrected chi connectivity index (χ0v) is 15.4. The molecule has 3 heterocycles. The number of furan rings is 1. The van der Waals surface area contributed by atoms with Gasteiger partial charge < -0.3 is 14.4 Å². The van der Waals surface area contributed by atoms with Gasteiger partial charge in [-0.1, -0.05) is 36.4 Å². The summed E-state index contributed by atoms with van der Waals surface area (Å²) < 4.78 is 5.74. The van der Waals surface area contributed by atoms with E-state index in [2.05, 4.69) is 0 Å². The normalized spacial score (nSPS) is 17.0. The van der Waals surface area contributed by atoms with Crippen molar-refractivity contribution in [2.45, 2.75) is 19.5 Å². The number of thiophene rings is 1. The first-order valence-electron chi connectivity index (χ1n) is 8.49. The molecule has 6 heteroatoms. The second-order valence-corrected chi connectivity index (χ2v) is 7.29. The fourth-order valence-corrected chi connectivity index (χ4v) is 3.94. The average Bonchev–Trinajstić information content (AvgIpc) is 3.39. The summed E-state index contributed by atoms with van der Waals surface area (Å²) in [5, 5.41) is 12.3. The molecule has 136 valence electrons. The van der Waals surface area contributed by atoms with Crippen molar-refractivity contribution in [3.63, 3.8) is 0 Å². The molecule has 2 aromatic heterocycles. The molecule has 1 unspecified atom stereocenters. The van der Waals surface area contributed by atoms with Crippen molar-refractivity contribution in [1.82, 2.24) is 4.90 Å². The molecule has 0 saturated heterocycles. The van der Waals surface area contributed by atoms with Gasteiger partial charge in [-0.05, 0) is 36.1 Å². The summed E-state index contributed by atoms with van der Waals surface area (Å²) in [5.74, 6) is -0.307. The number of benzene rings is 1. The molecular formula is C21H17NO4S. The van der Waals surface area contributed by atoms with Crippen LogP contribution in [0.3, 0.4) is 0 Å². The van der Waals surface area contributed by atoms with Gasteiger partial charge in [-0.15, -0.1) is 11.3 Å². The van der Waals surface area contributed by atoms with Crippen LogP contribution in [-0.2, 0) is 11.3 Å². The van der Waals surface area contributed by atoms with Gasteiger partial charge >= 0.3 is 0 Å². The molecule has 1 atom stereocenters. The van der Waals surface area contributed by atoms with Crippen molar-refractivity contribution in [2.24, 2.45) is 0 Å². The van der Waals surface area contributed by atoms with Crippen LogP contribution >= 0.6 is 11.3 Å². The molecule has 0 spiro atoms. The number of aliphatic hydroxyl groups is 1. The molecule has 0 fully saturated rings. The third-order valence-corrected chi connectivity index (χ3v) is 5.39. The van der Waals surface area contributed by atoms with E-state index in [1.165, 1.54) is 16.2 Å². The van der Waals surface area contributed by atoms with Gasteiger partial charge in [-0.2, -0.15) is 0 Å². The molecule has 1 aliphatic rings. The predicted octanol–water partition coefficient (Wildman–Crippen LogP) is 4.43. The number of nitrogens with zero attached hydrogens (tertiary/aromatic N) is 1. The summed E-state index contributed by atoms with van der Waals surface area (Å²) in [7, 11) is 0. The standard InChI is InChI=1S/C21H17NO4S/c1-13-9-10-15(26-13)18-17(19(23)16-8-5-11-27-16)20(24)21(25)22(18)12-14-6-3-2-4-7-14/h2-11,18,24H,12H2,1H3. The lowest BCUT2D eigenvalue weighted by molar-refractivity contribution is -0.130. The second-order valence-electron chi connectivity index (χ2n) is 6.34. The zero-order chi connectivity index (χ0) is 19.0. The van der Waals surface area contributed by atoms with Crippen LogP contribution in [0.15, 0.2) is 75.7 Å².